The summed E-state index contributed by atoms with van der Waals surface area (Å²) in [6.07, 6.45) is 0. The number of ether oxygens (including phenoxy) is 2. The minimum absolute atomic E-state index is 0.141. The number of amides is 1. The van der Waals surface area contributed by atoms with Gasteiger partial charge in [-0.3, -0.25) is 4.79 Å². The Morgan fingerprint density at radius 2 is 1.75 bits per heavy atom. The van der Waals surface area contributed by atoms with Gasteiger partial charge in [0.1, 0.15) is 5.69 Å². The molecule has 1 amide bonds. The van der Waals surface area contributed by atoms with Crippen LogP contribution in [0.1, 0.15) is 57.4 Å². The Hall–Kier alpha value is -3.09. The summed E-state index contributed by atoms with van der Waals surface area (Å²) in [7, 11) is 0. The molecule has 0 fully saturated rings. The van der Waals surface area contributed by atoms with Crippen molar-refractivity contribution in [2.45, 2.75) is 33.6 Å². The zero-order valence-electron chi connectivity index (χ0n) is 16.6. The van der Waals surface area contributed by atoms with E-state index in [0.29, 0.717) is 17.8 Å². The van der Waals surface area contributed by atoms with Crippen LogP contribution >= 0.6 is 0 Å². The lowest BCUT2D eigenvalue weighted by molar-refractivity contribution is -0.124. The number of benzene rings is 1. The molecule has 2 N–H and O–H groups in total. The molecule has 7 heteroatoms. The van der Waals surface area contributed by atoms with Gasteiger partial charge in [0.15, 0.2) is 6.61 Å². The monoisotopic (exact) mass is 386 g/mol. The first-order valence-corrected chi connectivity index (χ1v) is 9.20. The topological polar surface area (TPSA) is 97.5 Å². The predicted molar refractivity (Wildman–Crippen MR) is 104 cm³/mol. The molecule has 0 saturated carbocycles. The number of aromatic nitrogens is 1. The molecule has 0 saturated heterocycles. The third-order valence-electron chi connectivity index (χ3n) is 4.43. The summed E-state index contributed by atoms with van der Waals surface area (Å²) >= 11 is 0. The number of carbonyl (C=O) groups is 3. The molecule has 0 radical (unpaired) electrons. The van der Waals surface area contributed by atoms with Crippen LogP contribution in [0.3, 0.4) is 0 Å². The maximum atomic E-state index is 12.4. The Balaban J connectivity index is 1.90. The van der Waals surface area contributed by atoms with Crippen LogP contribution < -0.4 is 5.32 Å². The van der Waals surface area contributed by atoms with Crippen LogP contribution in [-0.4, -0.2) is 42.6 Å². The molecule has 0 aliphatic rings. The molecule has 28 heavy (non-hydrogen) atoms. The van der Waals surface area contributed by atoms with Crippen LogP contribution in [-0.2, 0) is 14.3 Å². The lowest BCUT2D eigenvalue weighted by atomic mass is 10.0. The summed E-state index contributed by atoms with van der Waals surface area (Å²) < 4.78 is 10.1. The summed E-state index contributed by atoms with van der Waals surface area (Å²) in [4.78, 5) is 39.1. The van der Waals surface area contributed by atoms with Gasteiger partial charge in [0.25, 0.3) is 5.91 Å². The summed E-state index contributed by atoms with van der Waals surface area (Å²) in [6, 6.07) is 9.82. The van der Waals surface area contributed by atoms with E-state index in [2.05, 4.69) is 10.3 Å². The molecule has 2 rings (SSSR count). The highest BCUT2D eigenvalue weighted by Gasteiger charge is 2.24. The maximum Gasteiger partial charge on any atom is 0.355 e. The van der Waals surface area contributed by atoms with E-state index in [1.54, 1.807) is 20.8 Å². The van der Waals surface area contributed by atoms with Gasteiger partial charge in [-0.15, -0.1) is 0 Å². The fourth-order valence-electron chi connectivity index (χ4n) is 2.88. The van der Waals surface area contributed by atoms with Crippen LogP contribution in [0, 0.1) is 13.8 Å². The van der Waals surface area contributed by atoms with Crippen LogP contribution in [0.2, 0.25) is 0 Å². The van der Waals surface area contributed by atoms with Gasteiger partial charge in [-0.2, -0.15) is 0 Å². The van der Waals surface area contributed by atoms with Crippen molar-refractivity contribution in [2.75, 3.05) is 19.8 Å². The first-order valence-electron chi connectivity index (χ1n) is 9.20. The molecule has 0 aliphatic heterocycles. The standard InChI is InChI=1S/C21H26N2O5/c1-5-27-21(26)19-14(3)18(15(4)23-19)20(25)28-12-17(24)22-11-13(2)16-9-7-6-8-10-16/h6-10,13,23H,5,11-12H2,1-4H3,(H,22,24)/t13-/m1/s1. The second-order valence-electron chi connectivity index (χ2n) is 6.54. The van der Waals surface area contributed by atoms with Crippen molar-refractivity contribution in [3.05, 3.63) is 58.4 Å². The zero-order valence-corrected chi connectivity index (χ0v) is 16.6. The highest BCUT2D eigenvalue weighted by molar-refractivity contribution is 5.99. The number of H-pyrrole nitrogens is 1. The highest BCUT2D eigenvalue weighted by Crippen LogP contribution is 2.20. The molecular weight excluding hydrogens is 360 g/mol. The van der Waals surface area contributed by atoms with Gasteiger partial charge in [-0.25, -0.2) is 9.59 Å². The van der Waals surface area contributed by atoms with Gasteiger partial charge < -0.3 is 19.8 Å². The van der Waals surface area contributed by atoms with E-state index in [4.69, 9.17) is 9.47 Å². The fraction of sp³-hybridized carbons (Fsp3) is 0.381. The zero-order chi connectivity index (χ0) is 20.7. The van der Waals surface area contributed by atoms with Gasteiger partial charge >= 0.3 is 11.9 Å². The third kappa shape index (κ3) is 5.22. The molecule has 1 atom stereocenters. The first-order chi connectivity index (χ1) is 13.3. The van der Waals surface area contributed by atoms with Gasteiger partial charge in [-0.1, -0.05) is 37.3 Å². The quantitative estimate of drug-likeness (QED) is 0.680. The Labute approximate surface area is 164 Å². The molecule has 0 aliphatic carbocycles. The number of esters is 2. The first kappa shape index (κ1) is 21.2. The number of carbonyl (C=O) groups excluding carboxylic acids is 3. The van der Waals surface area contributed by atoms with Gasteiger partial charge in [0.2, 0.25) is 0 Å². The molecule has 0 unspecified atom stereocenters. The second kappa shape index (κ2) is 9.73. The van der Waals surface area contributed by atoms with Crippen molar-refractivity contribution in [1.29, 1.82) is 0 Å². The summed E-state index contributed by atoms with van der Waals surface area (Å²) in [5.41, 5.74) is 2.51. The molecule has 1 aromatic carbocycles. The van der Waals surface area contributed by atoms with Gasteiger partial charge in [0.05, 0.1) is 12.2 Å². The number of hydrogen-bond acceptors (Lipinski definition) is 5. The summed E-state index contributed by atoms with van der Waals surface area (Å²) in [6.45, 7) is 7.29. The number of aromatic amines is 1. The fourth-order valence-corrected chi connectivity index (χ4v) is 2.88. The summed E-state index contributed by atoms with van der Waals surface area (Å²) in [5.74, 6) is -1.43. The average Bonchev–Trinajstić information content (AvgIpc) is 2.99. The van der Waals surface area contributed by atoms with Crippen LogP contribution in [0.15, 0.2) is 30.3 Å². The van der Waals surface area contributed by atoms with Crippen LogP contribution in [0.5, 0.6) is 0 Å². The van der Waals surface area contributed by atoms with E-state index in [-0.39, 0.29) is 36.3 Å². The number of hydrogen-bond donors (Lipinski definition) is 2. The van der Waals surface area contributed by atoms with Gasteiger partial charge in [-0.05, 0) is 37.8 Å². The van der Waals surface area contributed by atoms with Crippen LogP contribution in [0.4, 0.5) is 0 Å². The largest absolute Gasteiger partial charge is 0.461 e. The van der Waals surface area contributed by atoms with E-state index >= 15 is 0 Å². The molecule has 2 aromatic rings. The predicted octanol–water partition coefficient (Wildman–Crippen LogP) is 2.88. The Bertz CT molecular complexity index is 842. The summed E-state index contributed by atoms with van der Waals surface area (Å²) in [5, 5.41) is 2.76. The van der Waals surface area contributed by atoms with Gasteiger partial charge in [0, 0.05) is 12.2 Å². The molecule has 0 bridgehead atoms. The number of aryl methyl sites for hydroxylation is 1. The minimum Gasteiger partial charge on any atom is -0.461 e. The Kier molecular flexibility index (Phi) is 7.37. The molecule has 1 aromatic heterocycles. The molecular formula is C21H26N2O5. The van der Waals surface area contributed by atoms with E-state index in [0.717, 1.165) is 5.56 Å². The van der Waals surface area contributed by atoms with Crippen molar-refractivity contribution in [3.8, 4) is 0 Å². The van der Waals surface area contributed by atoms with E-state index in [9.17, 15) is 14.4 Å². The van der Waals surface area contributed by atoms with Crippen molar-refractivity contribution >= 4 is 17.8 Å². The van der Waals surface area contributed by atoms with Crippen molar-refractivity contribution in [2.24, 2.45) is 0 Å². The molecule has 7 nitrogen and oxygen atoms in total. The lowest BCUT2D eigenvalue weighted by Gasteiger charge is -2.13. The average molecular weight is 386 g/mol. The van der Waals surface area contributed by atoms with E-state index in [1.807, 2.05) is 37.3 Å². The molecule has 150 valence electrons. The highest BCUT2D eigenvalue weighted by atomic mass is 16.5. The second-order valence-corrected chi connectivity index (χ2v) is 6.54. The van der Waals surface area contributed by atoms with Crippen LogP contribution in [0.25, 0.3) is 0 Å². The smallest absolute Gasteiger partial charge is 0.355 e. The van der Waals surface area contributed by atoms with Crippen molar-refractivity contribution < 1.29 is 23.9 Å². The van der Waals surface area contributed by atoms with E-state index in [1.165, 1.54) is 0 Å². The maximum absolute atomic E-state index is 12.4. The SMILES string of the molecule is CCOC(=O)c1[nH]c(C)c(C(=O)OCC(=O)NC[C@@H](C)c2ccccc2)c1C. The number of nitrogens with one attached hydrogen (secondary N) is 2. The van der Waals surface area contributed by atoms with Crippen molar-refractivity contribution in [3.63, 3.8) is 0 Å². The Morgan fingerprint density at radius 1 is 1.07 bits per heavy atom. The minimum atomic E-state index is -0.659. The Morgan fingerprint density at radius 3 is 2.39 bits per heavy atom. The number of rotatable bonds is 8. The lowest BCUT2D eigenvalue weighted by Crippen LogP contribution is -2.31. The molecule has 0 spiro atoms. The van der Waals surface area contributed by atoms with Crippen molar-refractivity contribution in [1.82, 2.24) is 10.3 Å². The molecule has 1 heterocycles. The van der Waals surface area contributed by atoms with E-state index < -0.39 is 11.9 Å². The third-order valence-corrected chi connectivity index (χ3v) is 4.43. The normalized spacial score (nSPS) is 11.6.